The number of esters is 1. The Labute approximate surface area is 183 Å². The fraction of sp³-hybridized carbons (Fsp3) is 0.238. The fourth-order valence-electron chi connectivity index (χ4n) is 2.93. The quantitative estimate of drug-likeness (QED) is 0.573. The number of benzene rings is 2. The Balaban J connectivity index is 1.94. The van der Waals surface area contributed by atoms with Gasteiger partial charge in [-0.1, -0.05) is 59.2 Å². The number of aliphatic imine (C=N–C) groups is 1. The first-order valence-electron chi connectivity index (χ1n) is 8.94. The number of allylic oxidation sites excluding steroid dienone is 1. The van der Waals surface area contributed by atoms with Gasteiger partial charge in [-0.2, -0.15) is 0 Å². The molecule has 1 aliphatic heterocycles. The number of amidine groups is 1. The Kier molecular flexibility index (Phi) is 7.22. The smallest absolute Gasteiger partial charge is 0.338 e. The van der Waals surface area contributed by atoms with E-state index in [0.717, 1.165) is 5.56 Å². The van der Waals surface area contributed by atoms with Crippen molar-refractivity contribution in [1.29, 1.82) is 0 Å². The summed E-state index contributed by atoms with van der Waals surface area (Å²) in [6.45, 7) is 3.78. The zero-order chi connectivity index (χ0) is 21.0. The van der Waals surface area contributed by atoms with Crippen LogP contribution in [0.3, 0.4) is 0 Å². The van der Waals surface area contributed by atoms with Crippen molar-refractivity contribution in [3.63, 3.8) is 0 Å². The molecule has 0 saturated heterocycles. The highest BCUT2D eigenvalue weighted by atomic mass is 35.5. The molecular formula is C21H19Cl2FN2O2S. The molecule has 0 unspecified atom stereocenters. The van der Waals surface area contributed by atoms with Gasteiger partial charge in [0.25, 0.3) is 0 Å². The first kappa shape index (κ1) is 21.7. The van der Waals surface area contributed by atoms with Crippen molar-refractivity contribution in [3.05, 3.63) is 80.7 Å². The maximum atomic E-state index is 13.4. The van der Waals surface area contributed by atoms with Crippen LogP contribution in [0.1, 0.15) is 31.0 Å². The molecule has 1 heterocycles. The molecule has 0 spiro atoms. The van der Waals surface area contributed by atoms with E-state index in [9.17, 15) is 9.18 Å². The SMILES string of the molecule is CCOC(=O)C1=C(C)NC(SCc2cccc(F)c2)=N[C@H]1c1cccc(Cl)c1Cl. The summed E-state index contributed by atoms with van der Waals surface area (Å²) in [5.74, 6) is -0.232. The number of ether oxygens (including phenoxy) is 1. The normalized spacial score (nSPS) is 16.3. The van der Waals surface area contributed by atoms with Gasteiger partial charge < -0.3 is 10.1 Å². The number of carbonyl (C=O) groups excluding carboxylic acids is 1. The Hall–Kier alpha value is -2.02. The summed E-state index contributed by atoms with van der Waals surface area (Å²) < 4.78 is 18.7. The molecule has 1 atom stereocenters. The van der Waals surface area contributed by atoms with Crippen molar-refractivity contribution in [2.45, 2.75) is 25.6 Å². The van der Waals surface area contributed by atoms with Gasteiger partial charge in [-0.15, -0.1) is 0 Å². The summed E-state index contributed by atoms with van der Waals surface area (Å²) in [5.41, 5.74) is 2.45. The van der Waals surface area contributed by atoms with Gasteiger partial charge in [0.2, 0.25) is 0 Å². The molecule has 0 radical (unpaired) electrons. The lowest BCUT2D eigenvalue weighted by Crippen LogP contribution is -2.30. The lowest BCUT2D eigenvalue weighted by molar-refractivity contribution is -0.138. The third kappa shape index (κ3) is 5.13. The summed E-state index contributed by atoms with van der Waals surface area (Å²) in [6, 6.07) is 11.0. The second-order valence-electron chi connectivity index (χ2n) is 6.28. The van der Waals surface area contributed by atoms with Crippen LogP contribution in [0, 0.1) is 5.82 Å². The molecule has 2 aromatic carbocycles. The van der Waals surface area contributed by atoms with E-state index in [2.05, 4.69) is 5.32 Å². The van der Waals surface area contributed by atoms with Crippen LogP contribution in [0.15, 0.2) is 58.7 Å². The first-order chi connectivity index (χ1) is 13.9. The van der Waals surface area contributed by atoms with Gasteiger partial charge in [-0.3, -0.25) is 0 Å². The molecule has 4 nitrogen and oxygen atoms in total. The number of rotatable bonds is 5. The van der Waals surface area contributed by atoms with Crippen molar-refractivity contribution in [1.82, 2.24) is 5.32 Å². The van der Waals surface area contributed by atoms with E-state index in [0.29, 0.717) is 37.8 Å². The number of halogens is 3. The largest absolute Gasteiger partial charge is 0.463 e. The van der Waals surface area contributed by atoms with Crippen LogP contribution < -0.4 is 5.32 Å². The topological polar surface area (TPSA) is 50.7 Å². The van der Waals surface area contributed by atoms with Gasteiger partial charge in [0.05, 0.1) is 22.2 Å². The molecule has 0 aliphatic carbocycles. The molecule has 3 rings (SSSR count). The number of carbonyl (C=O) groups is 1. The predicted octanol–water partition coefficient (Wildman–Crippen LogP) is 5.90. The second-order valence-corrected chi connectivity index (χ2v) is 8.03. The number of hydrogen-bond donors (Lipinski definition) is 1. The lowest BCUT2D eigenvalue weighted by Gasteiger charge is -2.26. The molecule has 0 amide bonds. The molecule has 8 heteroatoms. The minimum absolute atomic E-state index is 0.247. The van der Waals surface area contributed by atoms with E-state index in [1.165, 1.54) is 23.9 Å². The van der Waals surface area contributed by atoms with E-state index >= 15 is 0 Å². The van der Waals surface area contributed by atoms with Gasteiger partial charge in [0.1, 0.15) is 11.9 Å². The Morgan fingerprint density at radius 2 is 2.03 bits per heavy atom. The zero-order valence-electron chi connectivity index (χ0n) is 15.8. The highest BCUT2D eigenvalue weighted by molar-refractivity contribution is 8.13. The average Bonchev–Trinajstić information content (AvgIpc) is 2.68. The van der Waals surface area contributed by atoms with Crippen LogP contribution in [0.4, 0.5) is 4.39 Å². The van der Waals surface area contributed by atoms with Gasteiger partial charge in [-0.25, -0.2) is 14.2 Å². The molecule has 2 aromatic rings. The second kappa shape index (κ2) is 9.65. The summed E-state index contributed by atoms with van der Waals surface area (Å²) >= 11 is 14.0. The molecule has 152 valence electrons. The summed E-state index contributed by atoms with van der Waals surface area (Å²) in [7, 11) is 0. The van der Waals surface area contributed by atoms with Gasteiger partial charge in [-0.05, 0) is 37.6 Å². The van der Waals surface area contributed by atoms with Gasteiger partial charge >= 0.3 is 5.97 Å². The van der Waals surface area contributed by atoms with Crippen LogP contribution in [-0.4, -0.2) is 17.7 Å². The highest BCUT2D eigenvalue weighted by Gasteiger charge is 2.32. The van der Waals surface area contributed by atoms with Crippen molar-refractivity contribution in [3.8, 4) is 0 Å². The minimum atomic E-state index is -0.656. The third-order valence-electron chi connectivity index (χ3n) is 4.25. The first-order valence-corrected chi connectivity index (χ1v) is 10.7. The van der Waals surface area contributed by atoms with Crippen LogP contribution in [0.5, 0.6) is 0 Å². The van der Waals surface area contributed by atoms with Crippen LogP contribution >= 0.6 is 35.0 Å². The van der Waals surface area contributed by atoms with Crippen molar-refractivity contribution >= 4 is 46.1 Å². The molecule has 1 N–H and O–H groups in total. The molecule has 0 saturated carbocycles. The lowest BCUT2D eigenvalue weighted by atomic mass is 9.96. The monoisotopic (exact) mass is 452 g/mol. The molecule has 1 aliphatic rings. The van der Waals surface area contributed by atoms with Crippen molar-refractivity contribution < 1.29 is 13.9 Å². The molecule has 29 heavy (non-hydrogen) atoms. The average molecular weight is 453 g/mol. The zero-order valence-corrected chi connectivity index (χ0v) is 18.2. The molecule has 0 bridgehead atoms. The third-order valence-corrected chi connectivity index (χ3v) is 6.05. The van der Waals surface area contributed by atoms with Crippen LogP contribution in [0.2, 0.25) is 10.0 Å². The van der Waals surface area contributed by atoms with Crippen LogP contribution in [0.25, 0.3) is 0 Å². The Morgan fingerprint density at radius 1 is 1.28 bits per heavy atom. The van der Waals surface area contributed by atoms with Crippen LogP contribution in [-0.2, 0) is 15.3 Å². The summed E-state index contributed by atoms with van der Waals surface area (Å²) in [4.78, 5) is 17.3. The predicted molar refractivity (Wildman–Crippen MR) is 117 cm³/mol. The summed E-state index contributed by atoms with van der Waals surface area (Å²) in [6.07, 6.45) is 0. The van der Waals surface area contributed by atoms with Gasteiger partial charge in [0, 0.05) is 17.0 Å². The number of hydrogen-bond acceptors (Lipinski definition) is 5. The highest BCUT2D eigenvalue weighted by Crippen LogP contribution is 2.39. The van der Waals surface area contributed by atoms with Crippen molar-refractivity contribution in [2.24, 2.45) is 4.99 Å². The minimum Gasteiger partial charge on any atom is -0.463 e. The summed E-state index contributed by atoms with van der Waals surface area (Å²) in [5, 5.41) is 4.47. The van der Waals surface area contributed by atoms with E-state index < -0.39 is 12.0 Å². The standard InChI is InChI=1S/C21H19Cl2FN2O2S/c1-3-28-20(27)17-12(2)25-21(29-11-13-6-4-7-14(24)10-13)26-19(17)15-8-5-9-16(22)18(15)23/h4-10,19H,3,11H2,1-2H3,(H,25,26)/t19-/m0/s1. The number of nitrogens with one attached hydrogen (secondary N) is 1. The van der Waals surface area contributed by atoms with E-state index in [1.54, 1.807) is 38.1 Å². The Bertz CT molecular complexity index is 994. The van der Waals surface area contributed by atoms with E-state index in [-0.39, 0.29) is 12.4 Å². The molecule has 0 fully saturated rings. The Morgan fingerprint density at radius 3 is 2.76 bits per heavy atom. The van der Waals surface area contributed by atoms with Gasteiger partial charge in [0.15, 0.2) is 5.17 Å². The fourth-order valence-corrected chi connectivity index (χ4v) is 4.23. The van der Waals surface area contributed by atoms with Crippen molar-refractivity contribution in [2.75, 3.05) is 6.61 Å². The number of thioether (sulfide) groups is 1. The maximum Gasteiger partial charge on any atom is 0.338 e. The molecule has 0 aromatic heterocycles. The van der Waals surface area contributed by atoms with E-state index in [1.807, 2.05) is 6.07 Å². The maximum absolute atomic E-state index is 13.4. The number of nitrogens with zero attached hydrogens (tertiary/aromatic N) is 1. The van der Waals surface area contributed by atoms with E-state index in [4.69, 9.17) is 32.9 Å². The molecular weight excluding hydrogens is 434 g/mol.